The summed E-state index contributed by atoms with van der Waals surface area (Å²) in [6.45, 7) is 7.90. The fraction of sp³-hybridized carbons (Fsp3) is 0.600. The standard InChI is InChI=1S/C15H22N4OS/c1-3-19(4-2)8-7-18-15-11(9-16)12(17)14(21-15)13(20)10-5-6-10/h10,18H,3-8,17H2,1-2H3. The maximum absolute atomic E-state index is 12.2. The lowest BCUT2D eigenvalue weighted by molar-refractivity contribution is 0.0972. The van der Waals surface area contributed by atoms with Crippen LogP contribution in [0.3, 0.4) is 0 Å². The lowest BCUT2D eigenvalue weighted by atomic mass is 10.1. The van der Waals surface area contributed by atoms with Gasteiger partial charge in [-0.15, -0.1) is 11.3 Å². The Morgan fingerprint density at radius 3 is 2.67 bits per heavy atom. The molecule has 0 saturated heterocycles. The Labute approximate surface area is 129 Å². The fourth-order valence-corrected chi connectivity index (χ4v) is 3.38. The van der Waals surface area contributed by atoms with Crippen LogP contribution in [-0.2, 0) is 0 Å². The number of rotatable bonds is 8. The lowest BCUT2D eigenvalue weighted by Gasteiger charge is -2.18. The van der Waals surface area contributed by atoms with Crippen molar-refractivity contribution in [3.05, 3.63) is 10.4 Å². The van der Waals surface area contributed by atoms with Crippen LogP contribution >= 0.6 is 11.3 Å². The highest BCUT2D eigenvalue weighted by Gasteiger charge is 2.34. The third-order valence-electron chi connectivity index (χ3n) is 3.84. The van der Waals surface area contributed by atoms with E-state index in [1.54, 1.807) is 0 Å². The first kappa shape index (κ1) is 15.8. The summed E-state index contributed by atoms with van der Waals surface area (Å²) >= 11 is 1.33. The van der Waals surface area contributed by atoms with Crippen molar-refractivity contribution in [2.45, 2.75) is 26.7 Å². The highest BCUT2D eigenvalue weighted by atomic mass is 32.1. The van der Waals surface area contributed by atoms with Crippen LogP contribution in [0.2, 0.25) is 0 Å². The van der Waals surface area contributed by atoms with Gasteiger partial charge in [-0.1, -0.05) is 13.8 Å². The minimum Gasteiger partial charge on any atom is -0.396 e. The molecule has 0 aliphatic heterocycles. The third kappa shape index (κ3) is 3.55. The van der Waals surface area contributed by atoms with Crippen molar-refractivity contribution < 1.29 is 4.79 Å². The number of nitriles is 1. The number of hydrogen-bond acceptors (Lipinski definition) is 6. The smallest absolute Gasteiger partial charge is 0.178 e. The monoisotopic (exact) mass is 306 g/mol. The molecule has 0 spiro atoms. The van der Waals surface area contributed by atoms with Gasteiger partial charge in [0.1, 0.15) is 16.6 Å². The summed E-state index contributed by atoms with van der Waals surface area (Å²) in [5, 5.41) is 13.3. The SMILES string of the molecule is CCN(CC)CCNc1sc(C(=O)C2CC2)c(N)c1C#N. The molecule has 21 heavy (non-hydrogen) atoms. The van der Waals surface area contributed by atoms with E-state index < -0.39 is 0 Å². The molecule has 0 bridgehead atoms. The molecule has 0 aromatic carbocycles. The highest BCUT2D eigenvalue weighted by molar-refractivity contribution is 7.19. The van der Waals surface area contributed by atoms with Crippen LogP contribution in [0.4, 0.5) is 10.7 Å². The van der Waals surface area contributed by atoms with Crippen LogP contribution in [0.25, 0.3) is 0 Å². The van der Waals surface area contributed by atoms with Gasteiger partial charge in [-0.25, -0.2) is 0 Å². The average molecular weight is 306 g/mol. The lowest BCUT2D eigenvalue weighted by Crippen LogP contribution is -2.28. The number of nitrogen functional groups attached to an aromatic ring is 1. The molecule has 6 heteroatoms. The van der Waals surface area contributed by atoms with Gasteiger partial charge in [0.15, 0.2) is 5.78 Å². The van der Waals surface area contributed by atoms with E-state index in [-0.39, 0.29) is 11.7 Å². The molecule has 1 heterocycles. The van der Waals surface area contributed by atoms with Crippen LogP contribution < -0.4 is 11.1 Å². The summed E-state index contributed by atoms with van der Waals surface area (Å²) in [4.78, 5) is 15.0. The Morgan fingerprint density at radius 1 is 1.48 bits per heavy atom. The van der Waals surface area contributed by atoms with E-state index in [2.05, 4.69) is 30.1 Å². The van der Waals surface area contributed by atoms with Crippen LogP contribution in [0.1, 0.15) is 41.9 Å². The van der Waals surface area contributed by atoms with Gasteiger partial charge in [-0.05, 0) is 25.9 Å². The van der Waals surface area contributed by atoms with Gasteiger partial charge >= 0.3 is 0 Å². The highest BCUT2D eigenvalue weighted by Crippen LogP contribution is 2.41. The maximum atomic E-state index is 12.2. The molecular formula is C15H22N4OS. The van der Waals surface area contributed by atoms with Gasteiger partial charge in [0.05, 0.1) is 10.6 Å². The molecule has 2 rings (SSSR count). The van der Waals surface area contributed by atoms with Gasteiger partial charge < -0.3 is 16.0 Å². The predicted octanol–water partition coefficient (Wildman–Crippen LogP) is 2.55. The van der Waals surface area contributed by atoms with Crippen molar-refractivity contribution in [2.24, 2.45) is 5.92 Å². The van der Waals surface area contributed by atoms with E-state index in [1.165, 1.54) is 11.3 Å². The quantitative estimate of drug-likeness (QED) is 0.721. The van der Waals surface area contributed by atoms with E-state index in [0.29, 0.717) is 16.1 Å². The average Bonchev–Trinajstić information content (AvgIpc) is 3.28. The fourth-order valence-electron chi connectivity index (χ4n) is 2.26. The Morgan fingerprint density at radius 2 is 2.14 bits per heavy atom. The first-order valence-electron chi connectivity index (χ1n) is 7.45. The second-order valence-electron chi connectivity index (χ2n) is 5.25. The van der Waals surface area contributed by atoms with Gasteiger partial charge in [-0.2, -0.15) is 5.26 Å². The summed E-state index contributed by atoms with van der Waals surface area (Å²) in [5.41, 5.74) is 6.75. The summed E-state index contributed by atoms with van der Waals surface area (Å²) < 4.78 is 0. The molecule has 0 atom stereocenters. The number of nitrogens with zero attached hydrogens (tertiary/aromatic N) is 2. The molecule has 1 fully saturated rings. The maximum Gasteiger partial charge on any atom is 0.178 e. The zero-order valence-corrected chi connectivity index (χ0v) is 13.4. The zero-order chi connectivity index (χ0) is 15.4. The van der Waals surface area contributed by atoms with Crippen LogP contribution in [-0.4, -0.2) is 36.9 Å². The summed E-state index contributed by atoms with van der Waals surface area (Å²) in [6, 6.07) is 2.12. The van der Waals surface area contributed by atoms with Crippen molar-refractivity contribution in [2.75, 3.05) is 37.2 Å². The molecule has 5 nitrogen and oxygen atoms in total. The topological polar surface area (TPSA) is 82.2 Å². The molecule has 1 aromatic heterocycles. The summed E-state index contributed by atoms with van der Waals surface area (Å²) in [7, 11) is 0. The van der Waals surface area contributed by atoms with Crippen molar-refractivity contribution in [3.63, 3.8) is 0 Å². The molecular weight excluding hydrogens is 284 g/mol. The number of likely N-dealkylation sites (N-methyl/N-ethyl adjacent to an activating group) is 1. The largest absolute Gasteiger partial charge is 0.396 e. The van der Waals surface area contributed by atoms with Crippen LogP contribution in [0.15, 0.2) is 0 Å². The molecule has 1 saturated carbocycles. The molecule has 0 amide bonds. The van der Waals surface area contributed by atoms with E-state index in [4.69, 9.17) is 5.73 Å². The Bertz CT molecular complexity index is 553. The minimum atomic E-state index is 0.103. The van der Waals surface area contributed by atoms with Crippen molar-refractivity contribution >= 4 is 27.8 Å². The number of anilines is 2. The Balaban J connectivity index is 2.07. The minimum absolute atomic E-state index is 0.103. The number of Topliss-reactive ketones (excluding diaryl/α,β-unsaturated/α-hetero) is 1. The van der Waals surface area contributed by atoms with Crippen molar-refractivity contribution in [1.82, 2.24) is 4.90 Å². The van der Waals surface area contributed by atoms with E-state index in [0.717, 1.165) is 44.0 Å². The number of ketones is 1. The van der Waals surface area contributed by atoms with Crippen molar-refractivity contribution in [3.8, 4) is 6.07 Å². The molecule has 1 aliphatic carbocycles. The first-order chi connectivity index (χ1) is 10.1. The van der Waals surface area contributed by atoms with Gasteiger partial charge in [0, 0.05) is 19.0 Å². The summed E-state index contributed by atoms with van der Waals surface area (Å²) in [6.07, 6.45) is 1.89. The third-order valence-corrected chi connectivity index (χ3v) is 5.01. The number of nitrogens with one attached hydrogen (secondary N) is 1. The zero-order valence-electron chi connectivity index (χ0n) is 12.6. The Kier molecular flexibility index (Phi) is 5.21. The molecule has 3 N–H and O–H groups in total. The summed E-state index contributed by atoms with van der Waals surface area (Å²) in [5.74, 6) is 0.229. The molecule has 0 radical (unpaired) electrons. The molecule has 1 aliphatic rings. The number of nitrogens with two attached hydrogens (primary N) is 1. The predicted molar refractivity (Wildman–Crippen MR) is 86.8 cm³/mol. The second kappa shape index (κ2) is 6.92. The molecule has 0 unspecified atom stereocenters. The number of carbonyl (C=O) groups is 1. The van der Waals surface area contributed by atoms with E-state index in [9.17, 15) is 10.1 Å². The molecule has 114 valence electrons. The van der Waals surface area contributed by atoms with E-state index in [1.807, 2.05) is 0 Å². The Hall–Kier alpha value is -1.58. The number of carbonyl (C=O) groups excluding carboxylic acids is 1. The van der Waals surface area contributed by atoms with Crippen LogP contribution in [0.5, 0.6) is 0 Å². The number of thiophene rings is 1. The van der Waals surface area contributed by atoms with E-state index >= 15 is 0 Å². The van der Waals surface area contributed by atoms with Gasteiger partial charge in [-0.3, -0.25) is 4.79 Å². The number of hydrogen-bond donors (Lipinski definition) is 2. The second-order valence-corrected chi connectivity index (χ2v) is 6.27. The normalized spacial score (nSPS) is 14.2. The van der Waals surface area contributed by atoms with Crippen LogP contribution in [0, 0.1) is 17.2 Å². The first-order valence-corrected chi connectivity index (χ1v) is 8.26. The van der Waals surface area contributed by atoms with Gasteiger partial charge in [0.25, 0.3) is 0 Å². The van der Waals surface area contributed by atoms with Crippen molar-refractivity contribution in [1.29, 1.82) is 5.26 Å². The van der Waals surface area contributed by atoms with Gasteiger partial charge in [0.2, 0.25) is 0 Å². The molecule has 1 aromatic rings.